The largest absolute Gasteiger partial charge is 0.381 e. The van der Waals surface area contributed by atoms with Gasteiger partial charge in [0.05, 0.1) is 5.03 Å². The Morgan fingerprint density at radius 1 is 1.00 bits per heavy atom. The molecular weight excluding hydrogens is 330 g/mol. The normalized spacial score (nSPS) is 10.4. The monoisotopic (exact) mass is 349 g/mol. The first kappa shape index (κ1) is 17.0. The summed E-state index contributed by atoms with van der Waals surface area (Å²) in [5.74, 6) is 0.458. The Morgan fingerprint density at radius 2 is 1.84 bits per heavy atom. The second-order valence-corrected chi connectivity index (χ2v) is 6.57. The average molecular weight is 349 g/mol. The molecule has 1 heterocycles. The molecule has 0 bridgehead atoms. The van der Waals surface area contributed by atoms with E-state index in [1.54, 1.807) is 24.0 Å². The van der Waals surface area contributed by atoms with E-state index in [4.69, 9.17) is 5.73 Å². The lowest BCUT2D eigenvalue weighted by Crippen LogP contribution is -2.11. The molecule has 126 valence electrons. The highest BCUT2D eigenvalue weighted by Gasteiger charge is 2.02. The molecule has 3 rings (SSSR count). The number of amides is 1. The molecule has 0 saturated carbocycles. The molecule has 0 aliphatic rings. The number of anilines is 1. The maximum absolute atomic E-state index is 11.3. The van der Waals surface area contributed by atoms with Gasteiger partial charge < -0.3 is 11.1 Å². The van der Waals surface area contributed by atoms with Crippen LogP contribution in [0.25, 0.3) is 0 Å². The average Bonchev–Trinajstić information content (AvgIpc) is 2.66. The van der Waals surface area contributed by atoms with Gasteiger partial charge in [-0.15, -0.1) is 11.8 Å². The van der Waals surface area contributed by atoms with E-state index in [9.17, 15) is 4.79 Å². The van der Waals surface area contributed by atoms with Crippen molar-refractivity contribution in [3.63, 3.8) is 0 Å². The first-order valence-electron chi connectivity index (χ1n) is 7.96. The number of benzene rings is 2. The molecule has 0 saturated heterocycles. The molecule has 0 atom stereocenters. The Balaban J connectivity index is 1.60. The number of thioether (sulfide) groups is 1. The maximum atomic E-state index is 11.3. The second-order valence-electron chi connectivity index (χ2n) is 5.58. The first-order chi connectivity index (χ1) is 12.2. The van der Waals surface area contributed by atoms with Crippen molar-refractivity contribution < 1.29 is 4.79 Å². The van der Waals surface area contributed by atoms with E-state index in [1.807, 2.05) is 48.5 Å². The minimum atomic E-state index is -0.407. The summed E-state index contributed by atoms with van der Waals surface area (Å²) < 4.78 is 0. The van der Waals surface area contributed by atoms with Crippen molar-refractivity contribution in [2.75, 3.05) is 5.32 Å². The van der Waals surface area contributed by atoms with E-state index in [1.165, 1.54) is 5.56 Å². The lowest BCUT2D eigenvalue weighted by Gasteiger charge is -2.09. The molecule has 5 heteroatoms. The Kier molecular flexibility index (Phi) is 5.69. The fourth-order valence-electron chi connectivity index (χ4n) is 2.40. The van der Waals surface area contributed by atoms with Crippen LogP contribution < -0.4 is 11.1 Å². The van der Waals surface area contributed by atoms with Gasteiger partial charge in [-0.1, -0.05) is 30.3 Å². The minimum Gasteiger partial charge on any atom is -0.381 e. The number of rotatable bonds is 7. The number of nitrogens with zero attached hydrogens (tertiary/aromatic N) is 1. The zero-order valence-corrected chi connectivity index (χ0v) is 14.5. The van der Waals surface area contributed by atoms with Gasteiger partial charge in [-0.3, -0.25) is 4.79 Å². The number of aromatic nitrogens is 1. The number of nitrogens with one attached hydrogen (secondary N) is 1. The van der Waals surface area contributed by atoms with Crippen molar-refractivity contribution >= 4 is 23.4 Å². The van der Waals surface area contributed by atoms with Crippen LogP contribution >= 0.6 is 11.8 Å². The van der Waals surface area contributed by atoms with Crippen LogP contribution in [-0.4, -0.2) is 10.9 Å². The van der Waals surface area contributed by atoms with Gasteiger partial charge in [-0.2, -0.15) is 0 Å². The molecule has 1 aromatic heterocycles. The van der Waals surface area contributed by atoms with Crippen molar-refractivity contribution in [1.29, 1.82) is 0 Å². The highest BCUT2D eigenvalue weighted by Crippen LogP contribution is 2.22. The molecule has 0 spiro atoms. The number of pyridine rings is 1. The van der Waals surface area contributed by atoms with E-state index in [0.29, 0.717) is 12.1 Å². The highest BCUT2D eigenvalue weighted by atomic mass is 32.2. The van der Waals surface area contributed by atoms with E-state index in [2.05, 4.69) is 22.4 Å². The predicted octanol–water partition coefficient (Wildman–Crippen LogP) is 4.08. The maximum Gasteiger partial charge on any atom is 0.248 e. The smallest absolute Gasteiger partial charge is 0.248 e. The number of primary amides is 1. The van der Waals surface area contributed by atoms with Crippen LogP contribution in [0.1, 0.15) is 21.5 Å². The molecule has 4 nitrogen and oxygen atoms in total. The summed E-state index contributed by atoms with van der Waals surface area (Å²) >= 11 is 1.71. The lowest BCUT2D eigenvalue weighted by molar-refractivity contribution is 0.1000. The van der Waals surface area contributed by atoms with E-state index in [0.717, 1.165) is 22.0 Å². The van der Waals surface area contributed by atoms with Gasteiger partial charge in [-0.25, -0.2) is 4.98 Å². The third-order valence-corrected chi connectivity index (χ3v) is 4.67. The summed E-state index contributed by atoms with van der Waals surface area (Å²) in [4.78, 5) is 15.6. The summed E-state index contributed by atoms with van der Waals surface area (Å²) in [6, 6.07) is 21.6. The van der Waals surface area contributed by atoms with Crippen molar-refractivity contribution in [2.24, 2.45) is 5.73 Å². The first-order valence-corrected chi connectivity index (χ1v) is 8.95. The van der Waals surface area contributed by atoms with Gasteiger partial charge in [0.25, 0.3) is 0 Å². The van der Waals surface area contributed by atoms with E-state index < -0.39 is 5.91 Å². The molecule has 0 radical (unpaired) electrons. The number of hydrogen-bond donors (Lipinski definition) is 2. The SMILES string of the molecule is NC(=O)c1cccc(CNc2cccc(CSc3ccccn3)c2)c1. The topological polar surface area (TPSA) is 68.0 Å². The van der Waals surface area contributed by atoms with Gasteiger partial charge in [0, 0.05) is 29.7 Å². The third kappa shape index (κ3) is 5.09. The quantitative estimate of drug-likeness (QED) is 0.631. The minimum absolute atomic E-state index is 0.407. The van der Waals surface area contributed by atoms with Gasteiger partial charge in [-0.05, 0) is 47.5 Å². The Hall–Kier alpha value is -2.79. The van der Waals surface area contributed by atoms with Crippen molar-refractivity contribution in [2.45, 2.75) is 17.3 Å². The number of carbonyl (C=O) groups is 1. The van der Waals surface area contributed by atoms with Crippen LogP contribution in [0.2, 0.25) is 0 Å². The van der Waals surface area contributed by atoms with Gasteiger partial charge >= 0.3 is 0 Å². The standard InChI is InChI=1S/C20H19N3OS/c21-20(24)17-7-3-5-15(11-17)13-23-18-8-4-6-16(12-18)14-25-19-9-1-2-10-22-19/h1-12,23H,13-14H2,(H2,21,24). The highest BCUT2D eigenvalue weighted by molar-refractivity contribution is 7.98. The third-order valence-electron chi connectivity index (χ3n) is 3.66. The zero-order valence-electron chi connectivity index (χ0n) is 13.7. The molecule has 25 heavy (non-hydrogen) atoms. The zero-order chi connectivity index (χ0) is 17.5. The van der Waals surface area contributed by atoms with Crippen LogP contribution in [0.15, 0.2) is 78.0 Å². The van der Waals surface area contributed by atoms with Crippen LogP contribution in [-0.2, 0) is 12.3 Å². The van der Waals surface area contributed by atoms with Gasteiger partial charge in [0.1, 0.15) is 0 Å². The van der Waals surface area contributed by atoms with E-state index >= 15 is 0 Å². The number of nitrogens with two attached hydrogens (primary N) is 1. The van der Waals surface area contributed by atoms with Crippen LogP contribution in [0.3, 0.4) is 0 Å². The summed E-state index contributed by atoms with van der Waals surface area (Å²) in [5, 5.41) is 4.41. The summed E-state index contributed by atoms with van der Waals surface area (Å²) in [7, 11) is 0. The van der Waals surface area contributed by atoms with Crippen molar-refractivity contribution in [1.82, 2.24) is 4.98 Å². The predicted molar refractivity (Wildman–Crippen MR) is 103 cm³/mol. The summed E-state index contributed by atoms with van der Waals surface area (Å²) in [6.45, 7) is 0.637. The molecule has 3 N–H and O–H groups in total. The summed E-state index contributed by atoms with van der Waals surface area (Å²) in [5.41, 5.74) is 9.14. The molecule has 0 fully saturated rings. The molecule has 0 aliphatic carbocycles. The van der Waals surface area contributed by atoms with Gasteiger partial charge in [0.15, 0.2) is 0 Å². The van der Waals surface area contributed by atoms with Crippen molar-refractivity contribution in [3.8, 4) is 0 Å². The Morgan fingerprint density at radius 3 is 2.64 bits per heavy atom. The molecule has 3 aromatic rings. The van der Waals surface area contributed by atoms with Crippen molar-refractivity contribution in [3.05, 3.63) is 89.6 Å². The number of carbonyl (C=O) groups excluding carboxylic acids is 1. The molecule has 2 aromatic carbocycles. The molecule has 1 amide bonds. The van der Waals surface area contributed by atoms with Crippen LogP contribution in [0.5, 0.6) is 0 Å². The van der Waals surface area contributed by atoms with Crippen LogP contribution in [0, 0.1) is 0 Å². The van der Waals surface area contributed by atoms with Gasteiger partial charge in [0.2, 0.25) is 5.91 Å². The fourth-order valence-corrected chi connectivity index (χ4v) is 3.20. The Bertz CT molecular complexity index is 852. The Labute approximate surface area is 151 Å². The summed E-state index contributed by atoms with van der Waals surface area (Å²) in [6.07, 6.45) is 1.81. The number of hydrogen-bond acceptors (Lipinski definition) is 4. The van der Waals surface area contributed by atoms with Crippen LogP contribution in [0.4, 0.5) is 5.69 Å². The molecule has 0 aliphatic heterocycles. The second kappa shape index (κ2) is 8.35. The molecule has 0 unspecified atom stereocenters. The lowest BCUT2D eigenvalue weighted by atomic mass is 10.1. The molecular formula is C20H19N3OS. The van der Waals surface area contributed by atoms with E-state index in [-0.39, 0.29) is 0 Å². The fraction of sp³-hybridized carbons (Fsp3) is 0.100.